The average Bonchev–Trinajstić information content (AvgIpc) is 2.74. The van der Waals surface area contributed by atoms with Crippen molar-refractivity contribution in [3.63, 3.8) is 0 Å². The van der Waals surface area contributed by atoms with Crippen LogP contribution in [0, 0.1) is 0 Å². The topological polar surface area (TPSA) is 38.8 Å². The van der Waals surface area contributed by atoms with Gasteiger partial charge in [0.25, 0.3) is 0 Å². The van der Waals surface area contributed by atoms with Crippen molar-refractivity contribution >= 4 is 11.8 Å². The first-order valence-corrected chi connectivity index (χ1v) is 9.40. The van der Waals surface area contributed by atoms with E-state index in [4.69, 9.17) is 9.47 Å². The predicted molar refractivity (Wildman–Crippen MR) is 111 cm³/mol. The third-order valence-electron chi connectivity index (χ3n) is 5.29. The number of methoxy groups -OCH3 is 1. The lowest BCUT2D eigenvalue weighted by Crippen LogP contribution is -2.46. The standard InChI is InChI=1S/C24H23NO3/c1-24(20-10-4-3-5-11-20)14-15-25(23(26)28-24)21-12-6-8-18(16-21)19-9-7-13-22(17-19)27-2/h3-13,16-17H,14-15H2,1-2H3. The van der Waals surface area contributed by atoms with Crippen LogP contribution in [0.2, 0.25) is 0 Å². The summed E-state index contributed by atoms with van der Waals surface area (Å²) in [7, 11) is 1.66. The zero-order chi connectivity index (χ0) is 19.6. The van der Waals surface area contributed by atoms with Crippen molar-refractivity contribution in [3.8, 4) is 16.9 Å². The second kappa shape index (κ2) is 7.39. The van der Waals surface area contributed by atoms with Crippen LogP contribution in [-0.4, -0.2) is 19.7 Å². The Hall–Kier alpha value is -3.27. The van der Waals surface area contributed by atoms with Crippen LogP contribution in [0.1, 0.15) is 18.9 Å². The van der Waals surface area contributed by atoms with Gasteiger partial charge in [-0.1, -0.05) is 54.6 Å². The number of amides is 1. The Kier molecular flexibility index (Phi) is 4.78. The number of nitrogens with zero attached hydrogens (tertiary/aromatic N) is 1. The summed E-state index contributed by atoms with van der Waals surface area (Å²) < 4.78 is 11.2. The summed E-state index contributed by atoms with van der Waals surface area (Å²) in [5.41, 5.74) is 3.33. The number of cyclic esters (lactones) is 1. The van der Waals surface area contributed by atoms with Crippen molar-refractivity contribution in [1.82, 2.24) is 0 Å². The Balaban J connectivity index is 1.58. The maximum absolute atomic E-state index is 12.8. The number of carbonyl (C=O) groups excluding carboxylic acids is 1. The molecule has 4 nitrogen and oxygen atoms in total. The highest BCUT2D eigenvalue weighted by molar-refractivity contribution is 5.90. The molecule has 3 aromatic carbocycles. The van der Waals surface area contributed by atoms with Gasteiger partial charge in [0, 0.05) is 18.7 Å². The van der Waals surface area contributed by atoms with E-state index >= 15 is 0 Å². The number of anilines is 1. The number of ether oxygens (including phenoxy) is 2. The molecule has 4 rings (SSSR count). The molecule has 1 aliphatic heterocycles. The highest BCUT2D eigenvalue weighted by Crippen LogP contribution is 2.36. The van der Waals surface area contributed by atoms with E-state index in [9.17, 15) is 4.79 Å². The van der Waals surface area contributed by atoms with Crippen LogP contribution >= 0.6 is 0 Å². The van der Waals surface area contributed by atoms with Gasteiger partial charge < -0.3 is 9.47 Å². The third-order valence-corrected chi connectivity index (χ3v) is 5.29. The van der Waals surface area contributed by atoms with Gasteiger partial charge in [0.15, 0.2) is 0 Å². The van der Waals surface area contributed by atoms with Crippen molar-refractivity contribution in [1.29, 1.82) is 0 Å². The predicted octanol–water partition coefficient (Wildman–Crippen LogP) is 5.62. The Labute approximate surface area is 165 Å². The lowest BCUT2D eigenvalue weighted by molar-refractivity contribution is 0.00583. The van der Waals surface area contributed by atoms with Gasteiger partial charge in [0.1, 0.15) is 11.4 Å². The number of benzene rings is 3. The van der Waals surface area contributed by atoms with Crippen LogP contribution in [0.15, 0.2) is 78.9 Å². The van der Waals surface area contributed by atoms with Gasteiger partial charge in [0.05, 0.1) is 7.11 Å². The fraction of sp³-hybridized carbons (Fsp3) is 0.208. The summed E-state index contributed by atoms with van der Waals surface area (Å²) >= 11 is 0. The Morgan fingerprint density at radius 3 is 2.36 bits per heavy atom. The van der Waals surface area contributed by atoms with Crippen LogP contribution in [0.25, 0.3) is 11.1 Å². The minimum Gasteiger partial charge on any atom is -0.497 e. The van der Waals surface area contributed by atoms with Gasteiger partial charge in [-0.05, 0) is 47.9 Å². The lowest BCUT2D eigenvalue weighted by Gasteiger charge is -2.39. The fourth-order valence-electron chi connectivity index (χ4n) is 3.60. The lowest BCUT2D eigenvalue weighted by atomic mass is 9.91. The first-order chi connectivity index (χ1) is 13.6. The van der Waals surface area contributed by atoms with E-state index < -0.39 is 5.60 Å². The van der Waals surface area contributed by atoms with E-state index in [2.05, 4.69) is 0 Å². The monoisotopic (exact) mass is 373 g/mol. The smallest absolute Gasteiger partial charge is 0.415 e. The summed E-state index contributed by atoms with van der Waals surface area (Å²) in [5.74, 6) is 0.805. The van der Waals surface area contributed by atoms with Crippen molar-refractivity contribution in [2.75, 3.05) is 18.6 Å². The average molecular weight is 373 g/mol. The second-order valence-electron chi connectivity index (χ2n) is 7.15. The Morgan fingerprint density at radius 2 is 1.64 bits per heavy atom. The Morgan fingerprint density at radius 1 is 0.929 bits per heavy atom. The largest absolute Gasteiger partial charge is 0.497 e. The molecule has 0 N–H and O–H groups in total. The molecule has 0 aliphatic carbocycles. The molecule has 1 heterocycles. The van der Waals surface area contributed by atoms with Crippen LogP contribution in [0.3, 0.4) is 0 Å². The highest BCUT2D eigenvalue weighted by Gasteiger charge is 2.38. The zero-order valence-corrected chi connectivity index (χ0v) is 16.1. The van der Waals surface area contributed by atoms with E-state index in [1.807, 2.05) is 85.8 Å². The van der Waals surface area contributed by atoms with Gasteiger partial charge in [-0.2, -0.15) is 0 Å². The summed E-state index contributed by atoms with van der Waals surface area (Å²) in [6.07, 6.45) is 0.409. The second-order valence-corrected chi connectivity index (χ2v) is 7.15. The third kappa shape index (κ3) is 3.46. The van der Waals surface area contributed by atoms with Gasteiger partial charge in [0.2, 0.25) is 0 Å². The number of hydrogen-bond acceptors (Lipinski definition) is 3. The van der Waals surface area contributed by atoms with E-state index in [1.165, 1.54) is 0 Å². The maximum Gasteiger partial charge on any atom is 0.415 e. The van der Waals surface area contributed by atoms with E-state index in [0.29, 0.717) is 6.54 Å². The molecule has 0 radical (unpaired) electrons. The van der Waals surface area contributed by atoms with Gasteiger partial charge in [-0.15, -0.1) is 0 Å². The van der Waals surface area contributed by atoms with E-state index in [1.54, 1.807) is 12.0 Å². The molecule has 1 atom stereocenters. The number of rotatable bonds is 4. The van der Waals surface area contributed by atoms with Crippen molar-refractivity contribution < 1.29 is 14.3 Å². The number of carbonyl (C=O) groups is 1. The van der Waals surface area contributed by atoms with Crippen LogP contribution in [-0.2, 0) is 10.3 Å². The minimum atomic E-state index is -0.598. The molecule has 28 heavy (non-hydrogen) atoms. The first-order valence-electron chi connectivity index (χ1n) is 9.40. The summed E-state index contributed by atoms with van der Waals surface area (Å²) in [5, 5.41) is 0. The fourth-order valence-corrected chi connectivity index (χ4v) is 3.60. The molecular formula is C24H23NO3. The maximum atomic E-state index is 12.8. The quantitative estimate of drug-likeness (QED) is 0.595. The molecule has 1 fully saturated rings. The van der Waals surface area contributed by atoms with Crippen LogP contribution in [0.5, 0.6) is 5.75 Å². The summed E-state index contributed by atoms with van der Waals surface area (Å²) in [6, 6.07) is 25.8. The number of hydrogen-bond donors (Lipinski definition) is 0. The molecule has 0 spiro atoms. The molecule has 0 bridgehead atoms. The van der Waals surface area contributed by atoms with E-state index in [0.717, 1.165) is 34.5 Å². The minimum absolute atomic E-state index is 0.319. The van der Waals surface area contributed by atoms with Crippen LogP contribution < -0.4 is 9.64 Å². The summed E-state index contributed by atoms with van der Waals surface area (Å²) in [4.78, 5) is 14.5. The zero-order valence-electron chi connectivity index (χ0n) is 16.1. The Bertz CT molecular complexity index is 986. The molecular weight excluding hydrogens is 350 g/mol. The SMILES string of the molecule is COc1cccc(-c2cccc(N3CCC(C)(c4ccccc4)OC3=O)c2)c1. The van der Waals surface area contributed by atoms with Gasteiger partial charge in [-0.3, -0.25) is 4.90 Å². The molecule has 1 amide bonds. The van der Waals surface area contributed by atoms with Gasteiger partial charge in [-0.25, -0.2) is 4.79 Å². The van der Waals surface area contributed by atoms with Crippen LogP contribution in [0.4, 0.5) is 10.5 Å². The van der Waals surface area contributed by atoms with Crippen molar-refractivity contribution in [2.45, 2.75) is 18.9 Å². The first kappa shape index (κ1) is 18.1. The molecule has 1 unspecified atom stereocenters. The highest BCUT2D eigenvalue weighted by atomic mass is 16.6. The molecule has 142 valence electrons. The molecule has 0 aromatic heterocycles. The molecule has 1 saturated heterocycles. The summed E-state index contributed by atoms with van der Waals surface area (Å²) in [6.45, 7) is 2.58. The molecule has 0 saturated carbocycles. The van der Waals surface area contributed by atoms with Gasteiger partial charge >= 0.3 is 6.09 Å². The molecule has 3 aromatic rings. The normalized spacial score (nSPS) is 19.2. The molecule has 4 heteroatoms. The van der Waals surface area contributed by atoms with Crippen molar-refractivity contribution in [3.05, 3.63) is 84.4 Å². The van der Waals surface area contributed by atoms with Crippen molar-refractivity contribution in [2.24, 2.45) is 0 Å². The molecule has 1 aliphatic rings. The van der Waals surface area contributed by atoms with E-state index in [-0.39, 0.29) is 6.09 Å².